The van der Waals surface area contributed by atoms with Gasteiger partial charge < -0.3 is 10.5 Å². The zero-order chi connectivity index (χ0) is 12.4. The summed E-state index contributed by atoms with van der Waals surface area (Å²) in [5.74, 6) is 0.829. The van der Waals surface area contributed by atoms with E-state index >= 15 is 0 Å². The zero-order valence-corrected chi connectivity index (χ0v) is 12.1. The number of halogens is 1. The molecule has 0 fully saturated rings. The summed E-state index contributed by atoms with van der Waals surface area (Å²) >= 11 is 5.24. The minimum absolute atomic E-state index is 0.0877. The lowest BCUT2D eigenvalue weighted by Crippen LogP contribution is -2.12. The van der Waals surface area contributed by atoms with Crippen LogP contribution in [0.15, 0.2) is 34.1 Å². The van der Waals surface area contributed by atoms with Crippen LogP contribution in [0.5, 0.6) is 5.75 Å². The Balaban J connectivity index is 2.38. The van der Waals surface area contributed by atoms with Crippen LogP contribution in [-0.2, 0) is 0 Å². The van der Waals surface area contributed by atoms with Crippen LogP contribution < -0.4 is 10.5 Å². The molecule has 2 N–H and O–H groups in total. The SMILES string of the molecule is COc1ccc(C(N)c2sccc2C)c(Br)c1. The minimum atomic E-state index is -0.0877. The second kappa shape index (κ2) is 5.21. The molecular weight excluding hydrogens is 298 g/mol. The lowest BCUT2D eigenvalue weighted by Gasteiger charge is -2.14. The highest BCUT2D eigenvalue weighted by molar-refractivity contribution is 9.10. The highest BCUT2D eigenvalue weighted by atomic mass is 79.9. The van der Waals surface area contributed by atoms with Crippen LogP contribution in [0.4, 0.5) is 0 Å². The van der Waals surface area contributed by atoms with E-state index in [1.807, 2.05) is 18.2 Å². The summed E-state index contributed by atoms with van der Waals surface area (Å²) in [7, 11) is 1.66. The van der Waals surface area contributed by atoms with Gasteiger partial charge in [-0.15, -0.1) is 11.3 Å². The third-order valence-corrected chi connectivity index (χ3v) is 4.52. The molecule has 0 amide bonds. The summed E-state index contributed by atoms with van der Waals surface area (Å²) in [6, 6.07) is 7.89. The van der Waals surface area contributed by atoms with Crippen molar-refractivity contribution in [3.8, 4) is 5.75 Å². The molecule has 0 aliphatic rings. The van der Waals surface area contributed by atoms with Gasteiger partial charge >= 0.3 is 0 Å². The van der Waals surface area contributed by atoms with Gasteiger partial charge in [-0.2, -0.15) is 0 Å². The van der Waals surface area contributed by atoms with Gasteiger partial charge in [0.1, 0.15) is 5.75 Å². The van der Waals surface area contributed by atoms with E-state index in [4.69, 9.17) is 10.5 Å². The molecule has 1 heterocycles. The summed E-state index contributed by atoms with van der Waals surface area (Å²) in [5, 5.41) is 2.07. The maximum absolute atomic E-state index is 6.29. The molecule has 2 nitrogen and oxygen atoms in total. The first-order valence-corrected chi connectivity index (χ1v) is 6.93. The third-order valence-electron chi connectivity index (χ3n) is 2.73. The van der Waals surface area contributed by atoms with Gasteiger partial charge in [-0.05, 0) is 41.6 Å². The number of nitrogens with two attached hydrogens (primary N) is 1. The number of thiophene rings is 1. The van der Waals surface area contributed by atoms with Gasteiger partial charge in [0.15, 0.2) is 0 Å². The molecule has 17 heavy (non-hydrogen) atoms. The monoisotopic (exact) mass is 311 g/mol. The lowest BCUT2D eigenvalue weighted by atomic mass is 10.0. The summed E-state index contributed by atoms with van der Waals surface area (Å²) in [6.07, 6.45) is 0. The van der Waals surface area contributed by atoms with Gasteiger partial charge in [0, 0.05) is 9.35 Å². The molecular formula is C13H14BrNOS. The van der Waals surface area contributed by atoms with Crippen LogP contribution in [-0.4, -0.2) is 7.11 Å². The molecule has 0 radical (unpaired) electrons. The number of hydrogen-bond donors (Lipinski definition) is 1. The van der Waals surface area contributed by atoms with E-state index in [-0.39, 0.29) is 6.04 Å². The number of benzene rings is 1. The molecule has 90 valence electrons. The van der Waals surface area contributed by atoms with Crippen LogP contribution in [0.1, 0.15) is 22.0 Å². The maximum atomic E-state index is 6.29. The Morgan fingerprint density at radius 1 is 1.35 bits per heavy atom. The fraction of sp³-hybridized carbons (Fsp3) is 0.231. The van der Waals surface area contributed by atoms with E-state index in [0.717, 1.165) is 15.8 Å². The van der Waals surface area contributed by atoms with Gasteiger partial charge in [0.2, 0.25) is 0 Å². The molecule has 2 aromatic rings. The predicted octanol–water partition coefficient (Wildman–Crippen LogP) is 3.88. The van der Waals surface area contributed by atoms with E-state index < -0.39 is 0 Å². The first kappa shape index (κ1) is 12.6. The van der Waals surface area contributed by atoms with Crippen LogP contribution in [0.3, 0.4) is 0 Å². The summed E-state index contributed by atoms with van der Waals surface area (Å²) in [5.41, 5.74) is 8.61. The number of ether oxygens (including phenoxy) is 1. The van der Waals surface area contributed by atoms with E-state index in [2.05, 4.69) is 34.3 Å². The highest BCUT2D eigenvalue weighted by Gasteiger charge is 2.15. The van der Waals surface area contributed by atoms with E-state index in [1.54, 1.807) is 18.4 Å². The fourth-order valence-corrected chi connectivity index (χ4v) is 3.28. The Labute approximate surface area is 114 Å². The Kier molecular flexibility index (Phi) is 3.86. The number of rotatable bonds is 3. The predicted molar refractivity (Wildman–Crippen MR) is 75.8 cm³/mol. The van der Waals surface area contributed by atoms with Gasteiger partial charge in [0.25, 0.3) is 0 Å². The first-order chi connectivity index (χ1) is 8.13. The molecule has 1 aromatic heterocycles. The van der Waals surface area contributed by atoms with E-state index in [9.17, 15) is 0 Å². The molecule has 0 bridgehead atoms. The quantitative estimate of drug-likeness (QED) is 0.933. The molecule has 4 heteroatoms. The Bertz CT molecular complexity index is 524. The average molecular weight is 312 g/mol. The van der Waals surface area contributed by atoms with Crippen molar-refractivity contribution in [2.75, 3.05) is 7.11 Å². The molecule has 2 rings (SSSR count). The van der Waals surface area contributed by atoms with Crippen molar-refractivity contribution in [3.05, 3.63) is 50.1 Å². The second-order valence-corrected chi connectivity index (χ2v) is 5.64. The molecule has 1 atom stereocenters. The van der Waals surface area contributed by atoms with E-state index in [1.165, 1.54) is 10.4 Å². The average Bonchev–Trinajstić information content (AvgIpc) is 2.74. The third kappa shape index (κ3) is 2.54. The second-order valence-electron chi connectivity index (χ2n) is 3.83. The normalized spacial score (nSPS) is 12.5. The van der Waals surface area contributed by atoms with Gasteiger partial charge in [0.05, 0.1) is 13.2 Å². The highest BCUT2D eigenvalue weighted by Crippen LogP contribution is 2.33. The smallest absolute Gasteiger partial charge is 0.120 e. The van der Waals surface area contributed by atoms with Crippen molar-refractivity contribution < 1.29 is 4.74 Å². The maximum Gasteiger partial charge on any atom is 0.120 e. The molecule has 0 saturated heterocycles. The molecule has 0 spiro atoms. The van der Waals surface area contributed by atoms with Crippen LogP contribution in [0, 0.1) is 6.92 Å². The van der Waals surface area contributed by atoms with Crippen LogP contribution in [0.25, 0.3) is 0 Å². The van der Waals surface area contributed by atoms with Gasteiger partial charge in [-0.25, -0.2) is 0 Å². The summed E-state index contributed by atoms with van der Waals surface area (Å²) in [4.78, 5) is 1.20. The molecule has 1 aromatic carbocycles. The number of hydrogen-bond acceptors (Lipinski definition) is 3. The lowest BCUT2D eigenvalue weighted by molar-refractivity contribution is 0.414. The standard InChI is InChI=1S/C13H14BrNOS/c1-8-5-6-17-13(8)12(15)10-4-3-9(16-2)7-11(10)14/h3-7,12H,15H2,1-2H3. The molecule has 0 saturated carbocycles. The summed E-state index contributed by atoms with van der Waals surface area (Å²) < 4.78 is 6.16. The Morgan fingerprint density at radius 2 is 2.12 bits per heavy atom. The Hall–Kier alpha value is -0.840. The first-order valence-electron chi connectivity index (χ1n) is 5.26. The van der Waals surface area contributed by atoms with Crippen molar-refractivity contribution in [1.29, 1.82) is 0 Å². The van der Waals surface area contributed by atoms with Crippen molar-refractivity contribution in [3.63, 3.8) is 0 Å². The number of aryl methyl sites for hydroxylation is 1. The van der Waals surface area contributed by atoms with Gasteiger partial charge in [-0.3, -0.25) is 0 Å². The molecule has 1 unspecified atom stereocenters. The van der Waals surface area contributed by atoms with Crippen molar-refractivity contribution in [2.45, 2.75) is 13.0 Å². The zero-order valence-electron chi connectivity index (χ0n) is 9.74. The molecule has 0 aliphatic heterocycles. The summed E-state index contributed by atoms with van der Waals surface area (Å²) in [6.45, 7) is 2.09. The number of methoxy groups -OCH3 is 1. The van der Waals surface area contributed by atoms with E-state index in [0.29, 0.717) is 0 Å². The topological polar surface area (TPSA) is 35.2 Å². The Morgan fingerprint density at radius 3 is 2.65 bits per heavy atom. The minimum Gasteiger partial charge on any atom is -0.497 e. The van der Waals surface area contributed by atoms with Crippen molar-refractivity contribution in [1.82, 2.24) is 0 Å². The molecule has 0 aliphatic carbocycles. The van der Waals surface area contributed by atoms with Crippen LogP contribution >= 0.6 is 27.3 Å². The largest absolute Gasteiger partial charge is 0.497 e. The van der Waals surface area contributed by atoms with Gasteiger partial charge in [-0.1, -0.05) is 22.0 Å². The fourth-order valence-electron chi connectivity index (χ4n) is 1.73. The van der Waals surface area contributed by atoms with Crippen LogP contribution in [0.2, 0.25) is 0 Å². The van der Waals surface area contributed by atoms with Crippen molar-refractivity contribution in [2.24, 2.45) is 5.73 Å². The van der Waals surface area contributed by atoms with Crippen molar-refractivity contribution >= 4 is 27.3 Å².